The van der Waals surface area contributed by atoms with Crippen LogP contribution in [0.5, 0.6) is 11.5 Å². The lowest BCUT2D eigenvalue weighted by Crippen LogP contribution is -2.31. The van der Waals surface area contributed by atoms with Crippen LogP contribution < -0.4 is 20.1 Å². The first-order chi connectivity index (χ1) is 11.2. The zero-order valence-electron chi connectivity index (χ0n) is 13.5. The molecule has 0 aliphatic carbocycles. The number of amides is 1. The van der Waals surface area contributed by atoms with E-state index in [1.165, 1.54) is 0 Å². The van der Waals surface area contributed by atoms with Gasteiger partial charge in [-0.25, -0.2) is 0 Å². The highest BCUT2D eigenvalue weighted by Crippen LogP contribution is 2.17. The molecule has 0 spiro atoms. The van der Waals surface area contributed by atoms with Gasteiger partial charge in [0.25, 0.3) is 0 Å². The summed E-state index contributed by atoms with van der Waals surface area (Å²) in [4.78, 5) is 11.9. The third-order valence-electron chi connectivity index (χ3n) is 3.43. The molecule has 5 nitrogen and oxygen atoms in total. The van der Waals surface area contributed by atoms with Crippen LogP contribution in [-0.2, 0) is 11.2 Å². The fourth-order valence-electron chi connectivity index (χ4n) is 2.22. The van der Waals surface area contributed by atoms with E-state index in [-0.39, 0.29) is 12.5 Å². The van der Waals surface area contributed by atoms with E-state index in [0.29, 0.717) is 6.54 Å². The van der Waals surface area contributed by atoms with Crippen molar-refractivity contribution in [1.82, 2.24) is 5.32 Å². The van der Waals surface area contributed by atoms with Crippen LogP contribution in [0.4, 0.5) is 5.69 Å². The molecular formula is C18H22N2O3. The van der Waals surface area contributed by atoms with Crippen LogP contribution in [0.1, 0.15) is 5.56 Å². The minimum atomic E-state index is -0.0530. The molecule has 0 saturated carbocycles. The molecule has 2 aromatic rings. The number of rotatable bonds is 8. The fraction of sp³-hybridized carbons (Fsp3) is 0.278. The van der Waals surface area contributed by atoms with Crippen molar-refractivity contribution in [3.05, 3.63) is 54.1 Å². The van der Waals surface area contributed by atoms with E-state index in [1.807, 2.05) is 48.5 Å². The van der Waals surface area contributed by atoms with Gasteiger partial charge in [0, 0.05) is 18.3 Å². The summed E-state index contributed by atoms with van der Waals surface area (Å²) in [7, 11) is 3.26. The van der Waals surface area contributed by atoms with Gasteiger partial charge >= 0.3 is 0 Å². The summed E-state index contributed by atoms with van der Waals surface area (Å²) in [5, 5.41) is 5.97. The molecule has 0 heterocycles. The number of methoxy groups -OCH3 is 2. The maximum absolute atomic E-state index is 11.9. The van der Waals surface area contributed by atoms with E-state index in [9.17, 15) is 4.79 Å². The lowest BCUT2D eigenvalue weighted by molar-refractivity contribution is -0.119. The smallest absolute Gasteiger partial charge is 0.239 e. The monoisotopic (exact) mass is 314 g/mol. The Morgan fingerprint density at radius 3 is 2.65 bits per heavy atom. The van der Waals surface area contributed by atoms with Crippen LogP contribution in [0.15, 0.2) is 48.5 Å². The molecule has 1 amide bonds. The summed E-state index contributed by atoms with van der Waals surface area (Å²) < 4.78 is 10.4. The molecule has 0 radical (unpaired) electrons. The standard InChI is InChI=1S/C18H22N2O3/c1-22-16-8-5-7-15(12-16)20-13-18(21)19-11-10-14-6-3-4-9-17(14)23-2/h3-9,12,20H,10-11,13H2,1-2H3,(H,19,21). The molecule has 2 rings (SSSR count). The molecule has 0 fully saturated rings. The summed E-state index contributed by atoms with van der Waals surface area (Å²) in [6, 6.07) is 15.3. The molecule has 0 bridgehead atoms. The van der Waals surface area contributed by atoms with Crippen molar-refractivity contribution < 1.29 is 14.3 Å². The molecule has 0 unspecified atom stereocenters. The third-order valence-corrected chi connectivity index (χ3v) is 3.43. The van der Waals surface area contributed by atoms with Crippen LogP contribution in [0.2, 0.25) is 0 Å². The third kappa shape index (κ3) is 5.21. The second-order valence-corrected chi connectivity index (χ2v) is 5.00. The fourth-order valence-corrected chi connectivity index (χ4v) is 2.22. The number of hydrogen-bond donors (Lipinski definition) is 2. The Morgan fingerprint density at radius 1 is 1.04 bits per heavy atom. The Hall–Kier alpha value is -2.69. The van der Waals surface area contributed by atoms with Gasteiger partial charge in [0.15, 0.2) is 0 Å². The summed E-state index contributed by atoms with van der Waals surface area (Å²) in [6.07, 6.45) is 0.731. The van der Waals surface area contributed by atoms with Crippen molar-refractivity contribution in [2.75, 3.05) is 32.6 Å². The number of nitrogens with one attached hydrogen (secondary N) is 2. The highest BCUT2D eigenvalue weighted by atomic mass is 16.5. The van der Waals surface area contributed by atoms with Crippen molar-refractivity contribution >= 4 is 11.6 Å². The first-order valence-electron chi connectivity index (χ1n) is 7.49. The van der Waals surface area contributed by atoms with E-state index >= 15 is 0 Å². The van der Waals surface area contributed by atoms with E-state index in [4.69, 9.17) is 9.47 Å². The molecule has 0 aliphatic heterocycles. The quantitative estimate of drug-likeness (QED) is 0.786. The Labute approximate surface area is 136 Å². The van der Waals surface area contributed by atoms with Gasteiger partial charge in [-0.3, -0.25) is 4.79 Å². The molecule has 0 aliphatic rings. The number of carbonyl (C=O) groups excluding carboxylic acids is 1. The van der Waals surface area contributed by atoms with Gasteiger partial charge in [0.05, 0.1) is 20.8 Å². The van der Waals surface area contributed by atoms with Crippen LogP contribution in [0, 0.1) is 0 Å². The maximum Gasteiger partial charge on any atom is 0.239 e. The van der Waals surface area contributed by atoms with Crippen molar-refractivity contribution in [3.8, 4) is 11.5 Å². The Kier molecular flexibility index (Phi) is 6.29. The SMILES string of the molecule is COc1cccc(NCC(=O)NCCc2ccccc2OC)c1. The molecule has 23 heavy (non-hydrogen) atoms. The molecular weight excluding hydrogens is 292 g/mol. The van der Waals surface area contributed by atoms with Crippen LogP contribution >= 0.6 is 0 Å². The van der Waals surface area contributed by atoms with Crippen molar-refractivity contribution in [1.29, 1.82) is 0 Å². The number of carbonyl (C=O) groups is 1. The average Bonchev–Trinajstić information content (AvgIpc) is 2.60. The molecule has 0 atom stereocenters. The molecule has 122 valence electrons. The highest BCUT2D eigenvalue weighted by Gasteiger charge is 2.04. The van der Waals surface area contributed by atoms with Gasteiger partial charge in [0.2, 0.25) is 5.91 Å². The van der Waals surface area contributed by atoms with Crippen molar-refractivity contribution in [2.45, 2.75) is 6.42 Å². The van der Waals surface area contributed by atoms with E-state index in [2.05, 4.69) is 10.6 Å². The maximum atomic E-state index is 11.9. The first-order valence-corrected chi connectivity index (χ1v) is 7.49. The van der Waals surface area contributed by atoms with E-state index < -0.39 is 0 Å². The minimum absolute atomic E-state index is 0.0530. The van der Waals surface area contributed by atoms with Crippen LogP contribution in [0.25, 0.3) is 0 Å². The van der Waals surface area contributed by atoms with Crippen LogP contribution in [0.3, 0.4) is 0 Å². The number of hydrogen-bond acceptors (Lipinski definition) is 4. The second-order valence-electron chi connectivity index (χ2n) is 5.00. The molecule has 2 N–H and O–H groups in total. The zero-order chi connectivity index (χ0) is 16.5. The van der Waals surface area contributed by atoms with Gasteiger partial charge in [0.1, 0.15) is 11.5 Å². The minimum Gasteiger partial charge on any atom is -0.497 e. The topological polar surface area (TPSA) is 59.6 Å². The Bertz CT molecular complexity index is 644. The van der Waals surface area contributed by atoms with E-state index in [0.717, 1.165) is 29.2 Å². The summed E-state index contributed by atoms with van der Waals surface area (Å²) >= 11 is 0. The van der Waals surface area contributed by atoms with Gasteiger partial charge in [-0.15, -0.1) is 0 Å². The summed E-state index contributed by atoms with van der Waals surface area (Å²) in [6.45, 7) is 0.790. The number of anilines is 1. The first kappa shape index (κ1) is 16.7. The predicted octanol–water partition coefficient (Wildman–Crippen LogP) is 2.47. The highest BCUT2D eigenvalue weighted by molar-refractivity contribution is 5.80. The van der Waals surface area contributed by atoms with Gasteiger partial charge in [-0.1, -0.05) is 24.3 Å². The lowest BCUT2D eigenvalue weighted by atomic mass is 10.1. The molecule has 0 saturated heterocycles. The predicted molar refractivity (Wildman–Crippen MR) is 91.2 cm³/mol. The number of benzene rings is 2. The second kappa shape index (κ2) is 8.68. The number of ether oxygens (including phenoxy) is 2. The average molecular weight is 314 g/mol. The van der Waals surface area contributed by atoms with Crippen molar-refractivity contribution in [3.63, 3.8) is 0 Å². The Morgan fingerprint density at radius 2 is 1.87 bits per heavy atom. The summed E-state index contributed by atoms with van der Waals surface area (Å²) in [5.41, 5.74) is 1.93. The van der Waals surface area contributed by atoms with Crippen molar-refractivity contribution in [2.24, 2.45) is 0 Å². The molecule has 0 aromatic heterocycles. The Balaban J connectivity index is 1.74. The van der Waals surface area contributed by atoms with Gasteiger partial charge in [-0.2, -0.15) is 0 Å². The number of para-hydroxylation sites is 1. The lowest BCUT2D eigenvalue weighted by Gasteiger charge is -2.10. The van der Waals surface area contributed by atoms with Gasteiger partial charge < -0.3 is 20.1 Å². The van der Waals surface area contributed by atoms with Crippen LogP contribution in [-0.4, -0.2) is 33.2 Å². The normalized spacial score (nSPS) is 10.0. The molecule has 2 aromatic carbocycles. The van der Waals surface area contributed by atoms with Gasteiger partial charge in [-0.05, 0) is 30.2 Å². The molecule has 5 heteroatoms. The van der Waals surface area contributed by atoms with E-state index in [1.54, 1.807) is 14.2 Å². The summed E-state index contributed by atoms with van der Waals surface area (Å²) in [5.74, 6) is 1.55. The zero-order valence-corrected chi connectivity index (χ0v) is 13.5. The largest absolute Gasteiger partial charge is 0.497 e.